The molecular weight excluding hydrogens is 342 g/mol. The first-order chi connectivity index (χ1) is 13.1. The van der Waals surface area contributed by atoms with Gasteiger partial charge in [-0.2, -0.15) is 0 Å². The fourth-order valence-corrected chi connectivity index (χ4v) is 4.37. The fraction of sp³-hybridized carbons (Fsp3) is 0.450. The Hall–Kier alpha value is -2.83. The van der Waals surface area contributed by atoms with Crippen LogP contribution in [0.3, 0.4) is 0 Å². The predicted octanol–water partition coefficient (Wildman–Crippen LogP) is 2.28. The van der Waals surface area contributed by atoms with Gasteiger partial charge in [-0.1, -0.05) is 12.1 Å². The van der Waals surface area contributed by atoms with E-state index in [1.807, 2.05) is 37.3 Å². The van der Waals surface area contributed by atoms with E-state index in [4.69, 9.17) is 4.74 Å². The molecule has 7 nitrogen and oxygen atoms in total. The minimum Gasteiger partial charge on any atom is -0.497 e. The van der Waals surface area contributed by atoms with Gasteiger partial charge in [-0.3, -0.25) is 4.98 Å². The minimum atomic E-state index is 0.0532. The molecule has 3 atom stereocenters. The van der Waals surface area contributed by atoms with Crippen molar-refractivity contribution in [1.29, 1.82) is 0 Å². The van der Waals surface area contributed by atoms with Crippen LogP contribution in [0.25, 0.3) is 0 Å². The first kappa shape index (κ1) is 17.6. The summed E-state index contributed by atoms with van der Waals surface area (Å²) in [6.45, 7) is 2.53. The number of carbonyl (C=O) groups is 1. The maximum absolute atomic E-state index is 12.8. The molecule has 0 aliphatic carbocycles. The summed E-state index contributed by atoms with van der Waals surface area (Å²) in [5.74, 6) is 2.52. The third-order valence-corrected chi connectivity index (χ3v) is 5.62. The van der Waals surface area contributed by atoms with Gasteiger partial charge in [-0.05, 0) is 17.7 Å². The highest BCUT2D eigenvalue weighted by Gasteiger charge is 2.49. The lowest BCUT2D eigenvalue weighted by atomic mass is 9.89. The maximum atomic E-state index is 12.8. The Kier molecular flexibility index (Phi) is 4.59. The molecule has 3 heterocycles. The molecule has 0 saturated carbocycles. The quantitative estimate of drug-likeness (QED) is 0.833. The van der Waals surface area contributed by atoms with Gasteiger partial charge in [0.25, 0.3) is 0 Å². The van der Waals surface area contributed by atoms with E-state index in [0.29, 0.717) is 11.8 Å². The summed E-state index contributed by atoms with van der Waals surface area (Å²) in [4.78, 5) is 27.4. The molecular formula is C20H25N5O2. The monoisotopic (exact) mass is 367 g/mol. The van der Waals surface area contributed by atoms with Gasteiger partial charge < -0.3 is 19.4 Å². The van der Waals surface area contributed by atoms with Crippen molar-refractivity contribution in [3.05, 3.63) is 48.4 Å². The molecule has 1 aromatic carbocycles. The number of urea groups is 1. The Morgan fingerprint density at radius 2 is 1.93 bits per heavy atom. The van der Waals surface area contributed by atoms with E-state index in [1.165, 1.54) is 0 Å². The lowest BCUT2D eigenvalue weighted by Gasteiger charge is -2.32. The van der Waals surface area contributed by atoms with Crippen LogP contribution in [-0.2, 0) is 0 Å². The SMILES string of the molecule is COc1ccc([C@H]2[C@@H]3CN(c4cnccn4)C[C@@H]3CN2C(=O)N(C)C)cc1. The molecule has 0 N–H and O–H groups in total. The highest BCUT2D eigenvalue weighted by molar-refractivity contribution is 5.75. The summed E-state index contributed by atoms with van der Waals surface area (Å²) in [6.07, 6.45) is 5.23. The lowest BCUT2D eigenvalue weighted by Crippen LogP contribution is -2.41. The van der Waals surface area contributed by atoms with Gasteiger partial charge in [0.1, 0.15) is 11.6 Å². The van der Waals surface area contributed by atoms with E-state index >= 15 is 0 Å². The molecule has 2 saturated heterocycles. The number of hydrogen-bond donors (Lipinski definition) is 0. The van der Waals surface area contributed by atoms with Crippen LogP contribution in [0.4, 0.5) is 10.6 Å². The van der Waals surface area contributed by atoms with Crippen LogP contribution in [0.2, 0.25) is 0 Å². The van der Waals surface area contributed by atoms with Gasteiger partial charge >= 0.3 is 6.03 Å². The highest BCUT2D eigenvalue weighted by Crippen LogP contribution is 2.46. The van der Waals surface area contributed by atoms with Gasteiger partial charge in [0.15, 0.2) is 0 Å². The number of carbonyl (C=O) groups excluding carboxylic acids is 1. The highest BCUT2D eigenvalue weighted by atomic mass is 16.5. The molecule has 2 aromatic rings. The van der Waals surface area contributed by atoms with Crippen molar-refractivity contribution in [3.63, 3.8) is 0 Å². The Morgan fingerprint density at radius 1 is 1.15 bits per heavy atom. The third kappa shape index (κ3) is 3.18. The van der Waals surface area contributed by atoms with E-state index in [9.17, 15) is 4.79 Å². The van der Waals surface area contributed by atoms with Gasteiger partial charge in [-0.25, -0.2) is 9.78 Å². The normalized spacial score (nSPS) is 24.0. The molecule has 2 aliphatic heterocycles. The van der Waals surface area contributed by atoms with E-state index in [0.717, 1.165) is 36.8 Å². The second kappa shape index (κ2) is 7.06. The molecule has 0 bridgehead atoms. The average molecular weight is 367 g/mol. The summed E-state index contributed by atoms with van der Waals surface area (Å²) >= 11 is 0. The number of rotatable bonds is 3. The summed E-state index contributed by atoms with van der Waals surface area (Å²) < 4.78 is 5.29. The number of anilines is 1. The van der Waals surface area contributed by atoms with Crippen LogP contribution in [0, 0.1) is 11.8 Å². The van der Waals surface area contributed by atoms with Crippen LogP contribution in [0.5, 0.6) is 5.75 Å². The number of fused-ring (bicyclic) bond motifs is 1. The number of likely N-dealkylation sites (tertiary alicyclic amines) is 1. The standard InChI is InChI=1S/C20H25N5O2/c1-23(2)20(26)25-12-15-11-24(18-10-21-8-9-22-18)13-17(15)19(25)14-4-6-16(27-3)7-5-14/h4-10,15,17,19H,11-13H2,1-3H3/t15-,17-,19+/m1/s1. The van der Waals surface area contributed by atoms with Crippen molar-refractivity contribution in [2.75, 3.05) is 45.7 Å². The molecule has 1 aromatic heterocycles. The van der Waals surface area contributed by atoms with E-state index in [2.05, 4.69) is 27.0 Å². The average Bonchev–Trinajstić information content (AvgIpc) is 3.26. The van der Waals surface area contributed by atoms with Crippen molar-refractivity contribution in [2.24, 2.45) is 11.8 Å². The Balaban J connectivity index is 1.63. The second-order valence-electron chi connectivity index (χ2n) is 7.44. The summed E-state index contributed by atoms with van der Waals surface area (Å²) in [5, 5.41) is 0. The van der Waals surface area contributed by atoms with E-state index in [1.54, 1.807) is 24.4 Å². The lowest BCUT2D eigenvalue weighted by molar-refractivity contribution is 0.159. The van der Waals surface area contributed by atoms with Crippen molar-refractivity contribution in [2.45, 2.75) is 6.04 Å². The fourth-order valence-electron chi connectivity index (χ4n) is 4.37. The number of amides is 2. The number of nitrogens with zero attached hydrogens (tertiary/aromatic N) is 5. The number of ether oxygens (including phenoxy) is 1. The molecule has 7 heteroatoms. The van der Waals surface area contributed by atoms with Crippen molar-refractivity contribution in [1.82, 2.24) is 19.8 Å². The van der Waals surface area contributed by atoms with E-state index < -0.39 is 0 Å². The zero-order valence-electron chi connectivity index (χ0n) is 15.9. The first-order valence-electron chi connectivity index (χ1n) is 9.21. The number of aromatic nitrogens is 2. The summed E-state index contributed by atoms with van der Waals surface area (Å²) in [5.41, 5.74) is 1.15. The molecule has 0 radical (unpaired) electrons. The van der Waals surface area contributed by atoms with Crippen LogP contribution < -0.4 is 9.64 Å². The molecule has 4 rings (SSSR count). The largest absolute Gasteiger partial charge is 0.497 e. The molecule has 0 unspecified atom stereocenters. The zero-order chi connectivity index (χ0) is 19.0. The topological polar surface area (TPSA) is 61.8 Å². The number of methoxy groups -OCH3 is 1. The second-order valence-corrected chi connectivity index (χ2v) is 7.44. The molecule has 2 aliphatic rings. The van der Waals surface area contributed by atoms with E-state index in [-0.39, 0.29) is 12.1 Å². The summed E-state index contributed by atoms with van der Waals surface area (Å²) in [6, 6.07) is 8.21. The minimum absolute atomic E-state index is 0.0532. The predicted molar refractivity (Wildman–Crippen MR) is 103 cm³/mol. The molecule has 27 heavy (non-hydrogen) atoms. The smallest absolute Gasteiger partial charge is 0.320 e. The molecule has 0 spiro atoms. The number of hydrogen-bond acceptors (Lipinski definition) is 5. The number of benzene rings is 1. The van der Waals surface area contributed by atoms with Gasteiger partial charge in [0.05, 0.1) is 19.3 Å². The first-order valence-corrected chi connectivity index (χ1v) is 9.21. The van der Waals surface area contributed by atoms with Crippen LogP contribution >= 0.6 is 0 Å². The zero-order valence-corrected chi connectivity index (χ0v) is 15.9. The van der Waals surface area contributed by atoms with Crippen molar-refractivity contribution in [3.8, 4) is 5.75 Å². The van der Waals surface area contributed by atoms with Crippen LogP contribution in [-0.4, -0.2) is 66.6 Å². The van der Waals surface area contributed by atoms with Gasteiger partial charge in [-0.15, -0.1) is 0 Å². The Labute approximate surface area is 159 Å². The molecule has 2 fully saturated rings. The maximum Gasteiger partial charge on any atom is 0.320 e. The van der Waals surface area contributed by atoms with Crippen LogP contribution in [0.1, 0.15) is 11.6 Å². The molecule has 2 amide bonds. The Bertz CT molecular complexity index is 796. The van der Waals surface area contributed by atoms with Gasteiger partial charge in [0, 0.05) is 58.0 Å². The van der Waals surface area contributed by atoms with Crippen molar-refractivity contribution >= 4 is 11.8 Å². The van der Waals surface area contributed by atoms with Gasteiger partial charge in [0.2, 0.25) is 0 Å². The van der Waals surface area contributed by atoms with Crippen LogP contribution in [0.15, 0.2) is 42.9 Å². The summed E-state index contributed by atoms with van der Waals surface area (Å²) in [7, 11) is 5.29. The third-order valence-electron chi connectivity index (χ3n) is 5.62. The van der Waals surface area contributed by atoms with Crippen molar-refractivity contribution < 1.29 is 9.53 Å². The molecule has 142 valence electrons. The Morgan fingerprint density at radius 3 is 2.56 bits per heavy atom.